The average molecular weight is 234 g/mol. The second kappa shape index (κ2) is 7.24. The molecule has 1 aromatic heterocycles. The quantitative estimate of drug-likeness (QED) is 0.328. The van der Waals surface area contributed by atoms with E-state index < -0.39 is 0 Å². The minimum atomic E-state index is -0.354. The Morgan fingerprint density at radius 1 is 1.59 bits per heavy atom. The van der Waals surface area contributed by atoms with Crippen molar-refractivity contribution in [1.82, 2.24) is 4.98 Å². The molecule has 0 N–H and O–H groups in total. The van der Waals surface area contributed by atoms with Crippen molar-refractivity contribution >= 4 is 5.97 Å². The van der Waals surface area contributed by atoms with Crippen LogP contribution in [0.3, 0.4) is 0 Å². The van der Waals surface area contributed by atoms with Gasteiger partial charge in [0, 0.05) is 23.7 Å². The molecule has 0 bridgehead atoms. The number of carbonyl (C=O) groups excluding carboxylic acids is 1. The monoisotopic (exact) mass is 234 g/mol. The largest absolute Gasteiger partial charge is 0.466 e. The van der Waals surface area contributed by atoms with Gasteiger partial charge in [0.1, 0.15) is 0 Å². The predicted octanol–water partition coefficient (Wildman–Crippen LogP) is 2.78. The van der Waals surface area contributed by atoms with Gasteiger partial charge in [-0.3, -0.25) is 9.78 Å². The molecule has 6 nitrogen and oxygen atoms in total. The first kappa shape index (κ1) is 13.0. The van der Waals surface area contributed by atoms with Crippen LogP contribution in [-0.4, -0.2) is 17.6 Å². The number of carbonyl (C=O) groups is 1. The summed E-state index contributed by atoms with van der Waals surface area (Å²) < 4.78 is 4.82. The van der Waals surface area contributed by atoms with Crippen LogP contribution in [0, 0.1) is 0 Å². The third-order valence-corrected chi connectivity index (χ3v) is 2.21. The van der Waals surface area contributed by atoms with Crippen LogP contribution in [0.4, 0.5) is 0 Å². The number of rotatable bonds is 6. The normalized spacial score (nSPS) is 11.4. The molecule has 0 spiro atoms. The van der Waals surface area contributed by atoms with Crippen molar-refractivity contribution < 1.29 is 9.53 Å². The van der Waals surface area contributed by atoms with Gasteiger partial charge in [0.15, 0.2) is 0 Å². The molecular formula is C11H14N4O2. The maximum Gasteiger partial charge on any atom is 0.305 e. The predicted molar refractivity (Wildman–Crippen MR) is 62.0 cm³/mol. The molecule has 0 saturated carbocycles. The van der Waals surface area contributed by atoms with E-state index in [1.165, 1.54) is 0 Å². The van der Waals surface area contributed by atoms with Crippen molar-refractivity contribution in [2.45, 2.75) is 25.8 Å². The van der Waals surface area contributed by atoms with Crippen LogP contribution in [0.15, 0.2) is 29.6 Å². The van der Waals surface area contributed by atoms with Gasteiger partial charge < -0.3 is 4.74 Å². The zero-order valence-corrected chi connectivity index (χ0v) is 9.61. The van der Waals surface area contributed by atoms with Crippen LogP contribution >= 0.6 is 0 Å². The molecule has 0 saturated heterocycles. The lowest BCUT2D eigenvalue weighted by Gasteiger charge is -2.10. The highest BCUT2D eigenvalue weighted by Crippen LogP contribution is 2.22. The molecule has 1 heterocycles. The number of pyridine rings is 1. The van der Waals surface area contributed by atoms with Gasteiger partial charge in [-0.2, -0.15) is 0 Å². The maximum atomic E-state index is 11.2. The fraction of sp³-hybridized carbons (Fsp3) is 0.455. The highest BCUT2D eigenvalue weighted by Gasteiger charge is 2.12. The summed E-state index contributed by atoms with van der Waals surface area (Å²) >= 11 is 0. The summed E-state index contributed by atoms with van der Waals surface area (Å²) in [5.41, 5.74) is 9.34. The van der Waals surface area contributed by atoms with Gasteiger partial charge in [0.05, 0.1) is 12.6 Å². The van der Waals surface area contributed by atoms with E-state index in [9.17, 15) is 4.79 Å². The number of esters is 1. The van der Waals surface area contributed by atoms with E-state index in [-0.39, 0.29) is 18.4 Å². The Morgan fingerprint density at radius 2 is 2.29 bits per heavy atom. The topological polar surface area (TPSA) is 88.0 Å². The van der Waals surface area contributed by atoms with Gasteiger partial charge in [0.2, 0.25) is 0 Å². The SMILES string of the molecule is CCOC(=O)CCC(N=[N+]=[N-])c1ccncc1. The lowest BCUT2D eigenvalue weighted by Crippen LogP contribution is -2.06. The smallest absolute Gasteiger partial charge is 0.305 e. The minimum Gasteiger partial charge on any atom is -0.466 e. The van der Waals surface area contributed by atoms with Gasteiger partial charge >= 0.3 is 5.97 Å². The van der Waals surface area contributed by atoms with Crippen molar-refractivity contribution in [2.24, 2.45) is 5.11 Å². The molecule has 0 aliphatic carbocycles. The minimum absolute atomic E-state index is 0.236. The molecule has 1 unspecified atom stereocenters. The molecule has 90 valence electrons. The number of ether oxygens (including phenoxy) is 1. The van der Waals surface area contributed by atoms with Gasteiger partial charge in [-0.1, -0.05) is 5.11 Å². The lowest BCUT2D eigenvalue weighted by atomic mass is 10.0. The molecule has 0 aliphatic heterocycles. The van der Waals surface area contributed by atoms with Crippen molar-refractivity contribution in [2.75, 3.05) is 6.61 Å². The number of hydrogen-bond acceptors (Lipinski definition) is 4. The van der Waals surface area contributed by atoms with E-state index in [2.05, 4.69) is 15.0 Å². The van der Waals surface area contributed by atoms with Gasteiger partial charge in [-0.05, 0) is 36.6 Å². The zero-order chi connectivity index (χ0) is 12.5. The molecule has 1 aromatic rings. The summed E-state index contributed by atoms with van der Waals surface area (Å²) in [7, 11) is 0. The Bertz CT molecular complexity index is 401. The van der Waals surface area contributed by atoms with Crippen LogP contribution in [0.25, 0.3) is 10.4 Å². The fourth-order valence-electron chi connectivity index (χ4n) is 1.43. The molecule has 0 aromatic carbocycles. The Hall–Kier alpha value is -2.07. The third kappa shape index (κ3) is 4.53. The van der Waals surface area contributed by atoms with E-state index in [4.69, 9.17) is 10.3 Å². The molecule has 6 heteroatoms. The van der Waals surface area contributed by atoms with E-state index in [0.717, 1.165) is 5.56 Å². The molecular weight excluding hydrogens is 220 g/mol. The van der Waals surface area contributed by atoms with Crippen LogP contribution in [0.1, 0.15) is 31.4 Å². The first-order valence-electron chi connectivity index (χ1n) is 5.37. The summed E-state index contributed by atoms with van der Waals surface area (Å²) in [5.74, 6) is -0.278. The van der Waals surface area contributed by atoms with E-state index in [1.807, 2.05) is 0 Å². The van der Waals surface area contributed by atoms with Crippen molar-refractivity contribution in [1.29, 1.82) is 0 Å². The molecule has 1 atom stereocenters. The second-order valence-corrected chi connectivity index (χ2v) is 3.34. The van der Waals surface area contributed by atoms with Gasteiger partial charge in [-0.25, -0.2) is 0 Å². The Labute approximate surface area is 99.2 Å². The molecule has 0 amide bonds. The van der Waals surface area contributed by atoms with Crippen LogP contribution in [-0.2, 0) is 9.53 Å². The summed E-state index contributed by atoms with van der Waals surface area (Å²) in [6.07, 6.45) is 3.92. The van der Waals surface area contributed by atoms with Crippen LogP contribution in [0.5, 0.6) is 0 Å². The first-order valence-corrected chi connectivity index (χ1v) is 5.37. The van der Waals surface area contributed by atoms with E-state index in [1.54, 1.807) is 31.5 Å². The van der Waals surface area contributed by atoms with E-state index in [0.29, 0.717) is 13.0 Å². The van der Waals surface area contributed by atoms with Crippen molar-refractivity contribution in [3.05, 3.63) is 40.5 Å². The number of nitrogens with zero attached hydrogens (tertiary/aromatic N) is 4. The zero-order valence-electron chi connectivity index (χ0n) is 9.61. The summed E-state index contributed by atoms with van der Waals surface area (Å²) in [6, 6.07) is 3.18. The third-order valence-electron chi connectivity index (χ3n) is 2.21. The first-order chi connectivity index (χ1) is 8.27. The number of azide groups is 1. The number of hydrogen-bond donors (Lipinski definition) is 0. The summed E-state index contributed by atoms with van der Waals surface area (Å²) in [4.78, 5) is 17.9. The van der Waals surface area contributed by atoms with Crippen molar-refractivity contribution in [3.8, 4) is 0 Å². The number of aromatic nitrogens is 1. The summed E-state index contributed by atoms with van der Waals surface area (Å²) in [5, 5.41) is 3.67. The standard InChI is InChI=1S/C11H14N4O2/c1-2-17-11(16)4-3-10(14-15-12)9-5-7-13-8-6-9/h5-8,10H,2-4H2,1H3. The van der Waals surface area contributed by atoms with Gasteiger partial charge in [0.25, 0.3) is 0 Å². The summed E-state index contributed by atoms with van der Waals surface area (Å²) in [6.45, 7) is 2.12. The Balaban J connectivity index is 2.62. The van der Waals surface area contributed by atoms with Crippen LogP contribution < -0.4 is 0 Å². The Morgan fingerprint density at radius 3 is 2.88 bits per heavy atom. The van der Waals surface area contributed by atoms with Crippen LogP contribution in [0.2, 0.25) is 0 Å². The fourth-order valence-corrected chi connectivity index (χ4v) is 1.43. The van der Waals surface area contributed by atoms with E-state index >= 15 is 0 Å². The average Bonchev–Trinajstić information content (AvgIpc) is 2.36. The molecule has 1 rings (SSSR count). The molecule has 0 aliphatic rings. The molecule has 0 radical (unpaired) electrons. The van der Waals surface area contributed by atoms with Crippen molar-refractivity contribution in [3.63, 3.8) is 0 Å². The molecule has 0 fully saturated rings. The molecule has 17 heavy (non-hydrogen) atoms. The highest BCUT2D eigenvalue weighted by molar-refractivity contribution is 5.69. The highest BCUT2D eigenvalue weighted by atomic mass is 16.5. The lowest BCUT2D eigenvalue weighted by molar-refractivity contribution is -0.143. The van der Waals surface area contributed by atoms with Gasteiger partial charge in [-0.15, -0.1) is 0 Å². The second-order valence-electron chi connectivity index (χ2n) is 3.34. The Kier molecular flexibility index (Phi) is 5.54. The maximum absolute atomic E-state index is 11.2.